The summed E-state index contributed by atoms with van der Waals surface area (Å²) in [5.74, 6) is 0. The monoisotopic (exact) mass is 256 g/mol. The van der Waals surface area contributed by atoms with Gasteiger partial charge in [-0.25, -0.2) is 0 Å². The van der Waals surface area contributed by atoms with Crippen molar-refractivity contribution in [3.05, 3.63) is 26.7 Å². The molecule has 1 rings (SSSR count). The van der Waals surface area contributed by atoms with Gasteiger partial charge in [-0.2, -0.15) is 0 Å². The Morgan fingerprint density at radius 3 is 1.79 bits per heavy atom. The molecule has 0 radical (unpaired) electrons. The van der Waals surface area contributed by atoms with Gasteiger partial charge in [0, 0.05) is 4.47 Å². The Labute approximate surface area is 93.2 Å². The molecule has 1 aromatic carbocycles. The Kier molecular flexibility index (Phi) is 3.40. The van der Waals surface area contributed by atoms with Gasteiger partial charge in [0.25, 0.3) is 0 Å². The fraction of sp³-hybridized carbons (Fsp3) is 0.400. The highest BCUT2D eigenvalue weighted by Gasteiger charge is 2.21. The Balaban J connectivity index is 3.60. The van der Waals surface area contributed by atoms with E-state index in [9.17, 15) is 10.0 Å². The van der Waals surface area contributed by atoms with Gasteiger partial charge in [-0.3, -0.25) is 0 Å². The smallest absolute Gasteiger partial charge is 0.423 e. The molecule has 76 valence electrons. The highest BCUT2D eigenvalue weighted by molar-refractivity contribution is 9.10. The van der Waals surface area contributed by atoms with Crippen molar-refractivity contribution in [1.82, 2.24) is 0 Å². The van der Waals surface area contributed by atoms with Crippen LogP contribution in [0.15, 0.2) is 4.47 Å². The molecular formula is C10H14BBrO2. The zero-order valence-electron chi connectivity index (χ0n) is 8.85. The SMILES string of the molecule is Cc1c(C)c(Br)c(C)c(B(O)O)c1C. The van der Waals surface area contributed by atoms with Crippen LogP contribution >= 0.6 is 15.9 Å². The van der Waals surface area contributed by atoms with Crippen LogP contribution in [0.5, 0.6) is 0 Å². The van der Waals surface area contributed by atoms with Gasteiger partial charge in [0.1, 0.15) is 0 Å². The van der Waals surface area contributed by atoms with E-state index >= 15 is 0 Å². The summed E-state index contributed by atoms with van der Waals surface area (Å²) in [5.41, 5.74) is 4.73. The third-order valence-electron chi connectivity index (χ3n) is 2.85. The second-order valence-electron chi connectivity index (χ2n) is 3.60. The van der Waals surface area contributed by atoms with Crippen molar-refractivity contribution in [3.8, 4) is 0 Å². The van der Waals surface area contributed by atoms with Gasteiger partial charge in [0.2, 0.25) is 0 Å². The molecule has 0 aliphatic rings. The summed E-state index contributed by atoms with van der Waals surface area (Å²) in [6.07, 6.45) is 0. The standard InChI is InChI=1S/C10H14BBrO2/c1-5-6(2)9(11(13)14)8(4)10(12)7(5)3/h13-14H,1-4H3. The first-order chi connectivity index (χ1) is 6.37. The second-order valence-corrected chi connectivity index (χ2v) is 4.39. The van der Waals surface area contributed by atoms with Crippen molar-refractivity contribution in [1.29, 1.82) is 0 Å². The molecule has 0 fully saturated rings. The van der Waals surface area contributed by atoms with Gasteiger partial charge >= 0.3 is 7.12 Å². The fourth-order valence-corrected chi connectivity index (χ4v) is 2.23. The third kappa shape index (κ3) is 1.74. The van der Waals surface area contributed by atoms with Crippen molar-refractivity contribution < 1.29 is 10.0 Å². The molecule has 0 saturated heterocycles. The topological polar surface area (TPSA) is 40.5 Å². The Morgan fingerprint density at radius 1 is 0.857 bits per heavy atom. The molecule has 0 aliphatic carbocycles. The van der Waals surface area contributed by atoms with Crippen molar-refractivity contribution in [3.63, 3.8) is 0 Å². The molecule has 4 heteroatoms. The average molecular weight is 257 g/mol. The maximum Gasteiger partial charge on any atom is 0.489 e. The Bertz CT molecular complexity index is 346. The molecule has 0 aromatic heterocycles. The summed E-state index contributed by atoms with van der Waals surface area (Å²) in [7, 11) is -1.40. The minimum atomic E-state index is -1.40. The lowest BCUT2D eigenvalue weighted by Gasteiger charge is -2.16. The van der Waals surface area contributed by atoms with Gasteiger partial charge in [0.15, 0.2) is 0 Å². The maximum absolute atomic E-state index is 9.26. The van der Waals surface area contributed by atoms with Crippen LogP contribution < -0.4 is 5.46 Å². The second kappa shape index (κ2) is 4.05. The van der Waals surface area contributed by atoms with E-state index in [1.165, 1.54) is 0 Å². The van der Waals surface area contributed by atoms with Crippen LogP contribution in [0.25, 0.3) is 0 Å². The Morgan fingerprint density at radius 2 is 1.36 bits per heavy atom. The molecule has 2 N–H and O–H groups in total. The molecular weight excluding hydrogens is 243 g/mol. The molecule has 0 unspecified atom stereocenters. The number of halogens is 1. The molecule has 1 aromatic rings. The largest absolute Gasteiger partial charge is 0.489 e. The predicted octanol–water partition coefficient (Wildman–Crippen LogP) is 1.36. The summed E-state index contributed by atoms with van der Waals surface area (Å²) in [6, 6.07) is 0. The average Bonchev–Trinajstić information content (AvgIpc) is 2.11. The summed E-state index contributed by atoms with van der Waals surface area (Å²) in [5, 5.41) is 18.5. The normalized spacial score (nSPS) is 10.5. The third-order valence-corrected chi connectivity index (χ3v) is 4.04. The molecule has 0 atom stereocenters. The first-order valence-electron chi connectivity index (χ1n) is 4.49. The van der Waals surface area contributed by atoms with E-state index in [-0.39, 0.29) is 0 Å². The number of benzene rings is 1. The van der Waals surface area contributed by atoms with Gasteiger partial charge in [-0.15, -0.1) is 0 Å². The number of hydrogen-bond donors (Lipinski definition) is 2. The number of rotatable bonds is 1. The van der Waals surface area contributed by atoms with Crippen molar-refractivity contribution in [2.75, 3.05) is 0 Å². The van der Waals surface area contributed by atoms with Crippen LogP contribution in [0.3, 0.4) is 0 Å². The van der Waals surface area contributed by atoms with E-state index in [1.54, 1.807) is 0 Å². The van der Waals surface area contributed by atoms with Crippen LogP contribution in [0.2, 0.25) is 0 Å². The highest BCUT2D eigenvalue weighted by atomic mass is 79.9. The van der Waals surface area contributed by atoms with Crippen LogP contribution in [-0.2, 0) is 0 Å². The zero-order chi connectivity index (χ0) is 11.0. The first kappa shape index (κ1) is 11.8. The van der Waals surface area contributed by atoms with Crippen LogP contribution in [-0.4, -0.2) is 17.2 Å². The fourth-order valence-electron chi connectivity index (χ4n) is 1.72. The quantitative estimate of drug-likeness (QED) is 0.746. The van der Waals surface area contributed by atoms with Gasteiger partial charge in [-0.05, 0) is 55.4 Å². The van der Waals surface area contributed by atoms with E-state index < -0.39 is 7.12 Å². The summed E-state index contributed by atoms with van der Waals surface area (Å²) in [6.45, 7) is 7.81. The molecule has 14 heavy (non-hydrogen) atoms. The maximum atomic E-state index is 9.26. The summed E-state index contributed by atoms with van der Waals surface area (Å²) >= 11 is 3.46. The molecule has 0 amide bonds. The van der Waals surface area contributed by atoms with Crippen LogP contribution in [0.4, 0.5) is 0 Å². The summed E-state index contributed by atoms with van der Waals surface area (Å²) < 4.78 is 0.962. The highest BCUT2D eigenvalue weighted by Crippen LogP contribution is 2.24. The van der Waals surface area contributed by atoms with E-state index in [4.69, 9.17) is 0 Å². The summed E-state index contributed by atoms with van der Waals surface area (Å²) in [4.78, 5) is 0. The lowest BCUT2D eigenvalue weighted by molar-refractivity contribution is 0.425. The van der Waals surface area contributed by atoms with Crippen molar-refractivity contribution in [2.45, 2.75) is 27.7 Å². The van der Waals surface area contributed by atoms with Crippen molar-refractivity contribution in [2.24, 2.45) is 0 Å². The van der Waals surface area contributed by atoms with Crippen LogP contribution in [0, 0.1) is 27.7 Å². The predicted molar refractivity (Wildman–Crippen MR) is 62.9 cm³/mol. The molecule has 0 bridgehead atoms. The van der Waals surface area contributed by atoms with E-state index in [2.05, 4.69) is 15.9 Å². The number of hydrogen-bond acceptors (Lipinski definition) is 2. The minimum absolute atomic E-state index is 0.611. The van der Waals surface area contributed by atoms with Crippen LogP contribution in [0.1, 0.15) is 22.3 Å². The lowest BCUT2D eigenvalue weighted by Crippen LogP contribution is -2.35. The lowest BCUT2D eigenvalue weighted by atomic mass is 9.72. The molecule has 0 heterocycles. The zero-order valence-corrected chi connectivity index (χ0v) is 10.4. The van der Waals surface area contributed by atoms with Gasteiger partial charge in [-0.1, -0.05) is 15.9 Å². The van der Waals surface area contributed by atoms with Crippen molar-refractivity contribution >= 4 is 28.5 Å². The first-order valence-corrected chi connectivity index (χ1v) is 5.29. The Hall–Kier alpha value is -0.315. The molecule has 0 aliphatic heterocycles. The van der Waals surface area contributed by atoms with E-state index in [0.29, 0.717) is 5.46 Å². The molecule has 0 spiro atoms. The van der Waals surface area contributed by atoms with E-state index in [1.807, 2.05) is 27.7 Å². The molecule has 0 saturated carbocycles. The minimum Gasteiger partial charge on any atom is -0.423 e. The molecule has 2 nitrogen and oxygen atoms in total. The van der Waals surface area contributed by atoms with Gasteiger partial charge < -0.3 is 10.0 Å². The van der Waals surface area contributed by atoms with E-state index in [0.717, 1.165) is 26.7 Å². The van der Waals surface area contributed by atoms with Gasteiger partial charge in [0.05, 0.1) is 0 Å².